The van der Waals surface area contributed by atoms with Crippen molar-refractivity contribution < 1.29 is 9.26 Å². The van der Waals surface area contributed by atoms with Crippen molar-refractivity contribution in [3.63, 3.8) is 0 Å². The zero-order valence-corrected chi connectivity index (χ0v) is 15.3. The van der Waals surface area contributed by atoms with Crippen molar-refractivity contribution in [2.45, 2.75) is 10.9 Å². The summed E-state index contributed by atoms with van der Waals surface area (Å²) in [4.78, 5) is 4.41. The van der Waals surface area contributed by atoms with Crippen molar-refractivity contribution in [1.29, 1.82) is 0 Å². The lowest BCUT2D eigenvalue weighted by Gasteiger charge is -2.02. The molecular weight excluding hydrogens is 364 g/mol. The van der Waals surface area contributed by atoms with E-state index in [0.717, 1.165) is 16.9 Å². The standard InChI is InChI=1S/C18H16N6O2S/c1-25-14-9-7-12(8-10-14)16-20-15(26-23-16)11-27-18-22-21-17(24(18)19)13-5-3-2-4-6-13/h2-10H,11,19H2,1H3. The van der Waals surface area contributed by atoms with E-state index >= 15 is 0 Å². The maximum Gasteiger partial charge on any atom is 0.237 e. The number of hydrogen-bond acceptors (Lipinski definition) is 8. The van der Waals surface area contributed by atoms with Crippen LogP contribution in [0.5, 0.6) is 5.75 Å². The molecule has 0 aliphatic rings. The Bertz CT molecular complexity index is 1030. The van der Waals surface area contributed by atoms with Gasteiger partial charge in [0, 0.05) is 11.1 Å². The van der Waals surface area contributed by atoms with Crippen LogP contribution in [0.25, 0.3) is 22.8 Å². The molecule has 0 atom stereocenters. The summed E-state index contributed by atoms with van der Waals surface area (Å²) in [6.45, 7) is 0. The molecule has 0 fully saturated rings. The fourth-order valence-electron chi connectivity index (χ4n) is 2.46. The topological polar surface area (TPSA) is 105 Å². The molecule has 136 valence electrons. The van der Waals surface area contributed by atoms with E-state index in [2.05, 4.69) is 20.3 Å². The number of nitrogens with zero attached hydrogens (tertiary/aromatic N) is 5. The molecule has 0 spiro atoms. The van der Waals surface area contributed by atoms with Gasteiger partial charge in [0.1, 0.15) is 5.75 Å². The van der Waals surface area contributed by atoms with Gasteiger partial charge in [-0.1, -0.05) is 47.3 Å². The van der Waals surface area contributed by atoms with E-state index in [0.29, 0.717) is 28.4 Å². The van der Waals surface area contributed by atoms with Crippen LogP contribution in [0.1, 0.15) is 5.89 Å². The molecular formula is C18H16N6O2S. The molecule has 2 aromatic heterocycles. The second-order valence-electron chi connectivity index (χ2n) is 5.57. The zero-order chi connectivity index (χ0) is 18.6. The number of methoxy groups -OCH3 is 1. The Kier molecular flexibility index (Phi) is 4.75. The lowest BCUT2D eigenvalue weighted by atomic mass is 10.2. The first-order valence-corrected chi connectivity index (χ1v) is 9.09. The Balaban J connectivity index is 1.45. The highest BCUT2D eigenvalue weighted by molar-refractivity contribution is 7.98. The first-order chi connectivity index (χ1) is 13.2. The lowest BCUT2D eigenvalue weighted by Crippen LogP contribution is -2.11. The maximum atomic E-state index is 6.12. The minimum atomic E-state index is 0.438. The summed E-state index contributed by atoms with van der Waals surface area (Å²) < 4.78 is 11.9. The highest BCUT2D eigenvalue weighted by Gasteiger charge is 2.14. The molecule has 0 saturated heterocycles. The number of rotatable bonds is 6. The van der Waals surface area contributed by atoms with E-state index in [1.807, 2.05) is 54.6 Å². The van der Waals surface area contributed by atoms with Crippen LogP contribution in [-0.2, 0) is 5.75 Å². The van der Waals surface area contributed by atoms with Crippen LogP contribution in [-0.4, -0.2) is 32.1 Å². The summed E-state index contributed by atoms with van der Waals surface area (Å²) in [7, 11) is 1.62. The summed E-state index contributed by atoms with van der Waals surface area (Å²) in [5.74, 6) is 8.93. The summed E-state index contributed by atoms with van der Waals surface area (Å²) in [5, 5.41) is 12.9. The normalized spacial score (nSPS) is 10.9. The van der Waals surface area contributed by atoms with Gasteiger partial charge in [0.25, 0.3) is 0 Å². The molecule has 0 bridgehead atoms. The Labute approximate surface area is 159 Å². The Morgan fingerprint density at radius 2 is 1.81 bits per heavy atom. The van der Waals surface area contributed by atoms with Crippen molar-refractivity contribution in [3.05, 3.63) is 60.5 Å². The van der Waals surface area contributed by atoms with Crippen molar-refractivity contribution in [2.75, 3.05) is 13.0 Å². The summed E-state index contributed by atoms with van der Waals surface area (Å²) in [6, 6.07) is 17.1. The number of ether oxygens (including phenoxy) is 1. The maximum absolute atomic E-state index is 6.12. The molecule has 8 nitrogen and oxygen atoms in total. The minimum absolute atomic E-state index is 0.438. The van der Waals surface area contributed by atoms with Crippen LogP contribution in [0.3, 0.4) is 0 Å². The Morgan fingerprint density at radius 1 is 1.04 bits per heavy atom. The Hall–Kier alpha value is -3.33. The molecule has 27 heavy (non-hydrogen) atoms. The molecule has 4 rings (SSSR count). The van der Waals surface area contributed by atoms with Crippen LogP contribution >= 0.6 is 11.8 Å². The van der Waals surface area contributed by atoms with E-state index in [9.17, 15) is 0 Å². The molecule has 4 aromatic rings. The minimum Gasteiger partial charge on any atom is -0.497 e. The summed E-state index contributed by atoms with van der Waals surface area (Å²) in [6.07, 6.45) is 0. The molecule has 9 heteroatoms. The third kappa shape index (κ3) is 3.63. The predicted molar refractivity (Wildman–Crippen MR) is 101 cm³/mol. The first kappa shape index (κ1) is 17.1. The van der Waals surface area contributed by atoms with Crippen LogP contribution in [0.15, 0.2) is 64.3 Å². The highest BCUT2D eigenvalue weighted by atomic mass is 32.2. The molecule has 0 saturated carbocycles. The van der Waals surface area contributed by atoms with Crippen LogP contribution < -0.4 is 10.6 Å². The second kappa shape index (κ2) is 7.50. The molecule has 2 N–H and O–H groups in total. The molecule has 0 amide bonds. The number of nitrogens with two attached hydrogens (primary N) is 1. The van der Waals surface area contributed by atoms with E-state index in [4.69, 9.17) is 15.1 Å². The van der Waals surface area contributed by atoms with Gasteiger partial charge in [0.05, 0.1) is 12.9 Å². The fourth-order valence-corrected chi connectivity index (χ4v) is 3.15. The third-order valence-corrected chi connectivity index (χ3v) is 4.77. The van der Waals surface area contributed by atoms with Gasteiger partial charge in [0.2, 0.25) is 16.9 Å². The number of aromatic nitrogens is 5. The first-order valence-electron chi connectivity index (χ1n) is 8.10. The van der Waals surface area contributed by atoms with Crippen molar-refractivity contribution in [3.8, 4) is 28.5 Å². The molecule has 2 aromatic carbocycles. The van der Waals surface area contributed by atoms with Crippen LogP contribution in [0, 0.1) is 0 Å². The van der Waals surface area contributed by atoms with Gasteiger partial charge in [-0.25, -0.2) is 4.68 Å². The van der Waals surface area contributed by atoms with Crippen molar-refractivity contribution in [1.82, 2.24) is 25.0 Å². The number of hydrogen-bond donors (Lipinski definition) is 1. The third-order valence-electron chi connectivity index (χ3n) is 3.84. The summed E-state index contributed by atoms with van der Waals surface area (Å²) >= 11 is 1.38. The number of benzene rings is 2. The lowest BCUT2D eigenvalue weighted by molar-refractivity contribution is 0.391. The number of nitrogen functional groups attached to an aromatic ring is 1. The predicted octanol–water partition coefficient (Wildman–Crippen LogP) is 3.01. The highest BCUT2D eigenvalue weighted by Crippen LogP contribution is 2.25. The second-order valence-corrected chi connectivity index (χ2v) is 6.51. The SMILES string of the molecule is COc1ccc(-c2noc(CSc3nnc(-c4ccccc4)n3N)n2)cc1. The average molecular weight is 380 g/mol. The quantitative estimate of drug-likeness (QED) is 0.402. The van der Waals surface area contributed by atoms with Gasteiger partial charge in [-0.05, 0) is 24.3 Å². The largest absolute Gasteiger partial charge is 0.497 e. The fraction of sp³-hybridized carbons (Fsp3) is 0.111. The van der Waals surface area contributed by atoms with E-state index < -0.39 is 0 Å². The van der Waals surface area contributed by atoms with E-state index in [1.165, 1.54) is 16.4 Å². The van der Waals surface area contributed by atoms with E-state index in [-0.39, 0.29) is 0 Å². The molecule has 0 aliphatic carbocycles. The smallest absolute Gasteiger partial charge is 0.237 e. The molecule has 0 radical (unpaired) electrons. The number of thioether (sulfide) groups is 1. The van der Waals surface area contributed by atoms with Crippen molar-refractivity contribution >= 4 is 11.8 Å². The summed E-state index contributed by atoms with van der Waals surface area (Å²) in [5.41, 5.74) is 1.75. The van der Waals surface area contributed by atoms with Gasteiger partial charge >= 0.3 is 0 Å². The Morgan fingerprint density at radius 3 is 2.56 bits per heavy atom. The average Bonchev–Trinajstić information content (AvgIpc) is 3.34. The van der Waals surface area contributed by atoms with E-state index in [1.54, 1.807) is 7.11 Å². The van der Waals surface area contributed by atoms with Gasteiger partial charge < -0.3 is 15.1 Å². The molecule has 2 heterocycles. The monoisotopic (exact) mass is 380 g/mol. The van der Waals surface area contributed by atoms with Gasteiger partial charge in [0.15, 0.2) is 5.82 Å². The zero-order valence-electron chi connectivity index (χ0n) is 14.4. The van der Waals surface area contributed by atoms with Crippen molar-refractivity contribution in [2.24, 2.45) is 0 Å². The van der Waals surface area contributed by atoms with Gasteiger partial charge in [-0.3, -0.25) is 0 Å². The van der Waals surface area contributed by atoms with Gasteiger partial charge in [-0.15, -0.1) is 10.2 Å². The molecule has 0 aliphatic heterocycles. The van der Waals surface area contributed by atoms with Crippen LogP contribution in [0.2, 0.25) is 0 Å². The molecule has 0 unspecified atom stereocenters. The van der Waals surface area contributed by atoms with Crippen LogP contribution in [0.4, 0.5) is 0 Å². The van der Waals surface area contributed by atoms with Gasteiger partial charge in [-0.2, -0.15) is 4.98 Å².